The summed E-state index contributed by atoms with van der Waals surface area (Å²) in [5, 5.41) is 2.86. The largest absolute Gasteiger partial charge is 0.349 e. The first-order valence-corrected chi connectivity index (χ1v) is 8.35. The third kappa shape index (κ3) is 3.38. The molecule has 0 saturated carbocycles. The summed E-state index contributed by atoms with van der Waals surface area (Å²) in [4.78, 5) is 39.0. The monoisotopic (exact) mass is 342 g/mol. The predicted octanol–water partition coefficient (Wildman–Crippen LogP) is 0.858. The van der Waals surface area contributed by atoms with Crippen LogP contribution in [0, 0.1) is 12.8 Å². The molecule has 1 N–H and O–H groups in total. The smallest absolute Gasteiger partial charge is 0.289 e. The first-order chi connectivity index (χ1) is 12.0. The minimum atomic E-state index is -0.329. The summed E-state index contributed by atoms with van der Waals surface area (Å²) in [5.74, 6) is 0.692. The van der Waals surface area contributed by atoms with Crippen LogP contribution in [-0.2, 0) is 11.8 Å². The van der Waals surface area contributed by atoms with Crippen molar-refractivity contribution in [3.8, 4) is 0 Å². The van der Waals surface area contributed by atoms with Crippen molar-refractivity contribution in [1.82, 2.24) is 29.7 Å². The maximum absolute atomic E-state index is 12.3. The summed E-state index contributed by atoms with van der Waals surface area (Å²) >= 11 is 0. The molecule has 3 heterocycles. The van der Waals surface area contributed by atoms with E-state index in [0.717, 1.165) is 11.5 Å². The first-order valence-electron chi connectivity index (χ1n) is 8.35. The maximum Gasteiger partial charge on any atom is 0.289 e. The van der Waals surface area contributed by atoms with Gasteiger partial charge in [0.05, 0.1) is 6.04 Å². The maximum atomic E-state index is 12.3. The fourth-order valence-corrected chi connectivity index (χ4v) is 3.29. The topological polar surface area (TPSA) is 93.0 Å². The van der Waals surface area contributed by atoms with Crippen LogP contribution in [0.5, 0.6) is 0 Å². The van der Waals surface area contributed by atoms with E-state index in [0.29, 0.717) is 19.5 Å². The van der Waals surface area contributed by atoms with E-state index in [1.165, 1.54) is 0 Å². The fraction of sp³-hybridized carbons (Fsp3) is 0.471. The van der Waals surface area contributed by atoms with Gasteiger partial charge in [0, 0.05) is 56.8 Å². The fourth-order valence-electron chi connectivity index (χ4n) is 3.29. The number of hydrogen-bond donors (Lipinski definition) is 1. The highest BCUT2D eigenvalue weighted by atomic mass is 16.2. The minimum absolute atomic E-state index is 0.0395. The van der Waals surface area contributed by atoms with E-state index in [9.17, 15) is 9.59 Å². The molecule has 2 amide bonds. The van der Waals surface area contributed by atoms with Crippen LogP contribution in [0.3, 0.4) is 0 Å². The number of carbonyl (C=O) groups is 2. The highest BCUT2D eigenvalue weighted by Crippen LogP contribution is 2.36. The zero-order valence-corrected chi connectivity index (χ0v) is 14.6. The molecule has 1 aliphatic rings. The summed E-state index contributed by atoms with van der Waals surface area (Å²) in [7, 11) is 1.91. The van der Waals surface area contributed by atoms with Crippen molar-refractivity contribution in [3.63, 3.8) is 0 Å². The van der Waals surface area contributed by atoms with Crippen molar-refractivity contribution >= 4 is 11.8 Å². The molecule has 0 unspecified atom stereocenters. The summed E-state index contributed by atoms with van der Waals surface area (Å²) in [6.07, 6.45) is 5.54. The number of nitrogens with one attached hydrogen (secondary N) is 1. The Morgan fingerprint density at radius 3 is 2.80 bits per heavy atom. The Morgan fingerprint density at radius 1 is 1.36 bits per heavy atom. The first kappa shape index (κ1) is 17.1. The summed E-state index contributed by atoms with van der Waals surface area (Å²) in [6, 6.07) is 1.60. The van der Waals surface area contributed by atoms with Crippen LogP contribution in [0.2, 0.25) is 0 Å². The van der Waals surface area contributed by atoms with Crippen molar-refractivity contribution in [2.24, 2.45) is 13.0 Å². The molecule has 0 spiro atoms. The molecule has 2 aromatic rings. The standard InChI is InChI=1S/C17H22N6O2/c1-4-23-13(24)9-12(14(23)16-19-7-8-22(16)3)10-20-17(25)15-18-6-5-11(2)21-15/h5-8,12,14H,4,9-10H2,1-3H3,(H,20,25)/t12-,14+/m0/s1. The highest BCUT2D eigenvalue weighted by Gasteiger charge is 2.41. The number of amides is 2. The Balaban J connectivity index is 1.75. The van der Waals surface area contributed by atoms with Gasteiger partial charge in [0.1, 0.15) is 5.82 Å². The molecule has 0 aromatic carbocycles. The lowest BCUT2D eigenvalue weighted by atomic mass is 9.99. The molecule has 1 fully saturated rings. The quantitative estimate of drug-likeness (QED) is 0.870. The molecule has 8 nitrogen and oxygen atoms in total. The molecule has 1 aliphatic heterocycles. The van der Waals surface area contributed by atoms with E-state index in [-0.39, 0.29) is 29.6 Å². The Labute approximate surface area is 146 Å². The van der Waals surface area contributed by atoms with E-state index >= 15 is 0 Å². The van der Waals surface area contributed by atoms with Gasteiger partial charge in [0.2, 0.25) is 11.7 Å². The average molecular weight is 342 g/mol. The van der Waals surface area contributed by atoms with Gasteiger partial charge >= 0.3 is 0 Å². The number of aromatic nitrogens is 4. The van der Waals surface area contributed by atoms with Gasteiger partial charge in [-0.15, -0.1) is 0 Å². The van der Waals surface area contributed by atoms with Gasteiger partial charge in [-0.1, -0.05) is 0 Å². The van der Waals surface area contributed by atoms with Crippen molar-refractivity contribution in [1.29, 1.82) is 0 Å². The third-order valence-electron chi connectivity index (χ3n) is 4.53. The molecule has 0 aliphatic carbocycles. The SMILES string of the molecule is CCN1C(=O)C[C@@H](CNC(=O)c2nccc(C)n2)[C@@H]1c1nccn1C. The predicted molar refractivity (Wildman–Crippen MR) is 90.5 cm³/mol. The van der Waals surface area contributed by atoms with Crippen LogP contribution >= 0.6 is 0 Å². The number of likely N-dealkylation sites (tertiary alicyclic amines) is 1. The summed E-state index contributed by atoms with van der Waals surface area (Å²) < 4.78 is 1.92. The van der Waals surface area contributed by atoms with Gasteiger partial charge in [0.15, 0.2) is 0 Å². The number of hydrogen-bond acceptors (Lipinski definition) is 5. The van der Waals surface area contributed by atoms with Gasteiger partial charge in [-0.25, -0.2) is 15.0 Å². The molecule has 2 aromatic heterocycles. The molecule has 132 valence electrons. The van der Waals surface area contributed by atoms with Crippen molar-refractivity contribution in [3.05, 3.63) is 42.0 Å². The van der Waals surface area contributed by atoms with E-state index < -0.39 is 0 Å². The second kappa shape index (κ2) is 7.00. The molecule has 25 heavy (non-hydrogen) atoms. The number of imidazole rings is 1. The molecule has 1 saturated heterocycles. The molecular weight excluding hydrogens is 320 g/mol. The Bertz CT molecular complexity index is 787. The Morgan fingerprint density at radius 2 is 2.16 bits per heavy atom. The summed E-state index contributed by atoms with van der Waals surface area (Å²) in [6.45, 7) is 4.75. The van der Waals surface area contributed by atoms with Gasteiger partial charge in [-0.2, -0.15) is 0 Å². The van der Waals surface area contributed by atoms with E-state index in [4.69, 9.17) is 0 Å². The normalized spacial score (nSPS) is 20.1. The molecule has 8 heteroatoms. The number of nitrogens with zero attached hydrogens (tertiary/aromatic N) is 5. The van der Waals surface area contributed by atoms with Crippen LogP contribution in [0.15, 0.2) is 24.7 Å². The lowest BCUT2D eigenvalue weighted by molar-refractivity contribution is -0.128. The zero-order chi connectivity index (χ0) is 18.0. The molecule has 0 bridgehead atoms. The lowest BCUT2D eigenvalue weighted by Crippen LogP contribution is -2.35. The van der Waals surface area contributed by atoms with E-state index in [1.807, 2.05) is 36.6 Å². The van der Waals surface area contributed by atoms with Gasteiger partial charge in [-0.3, -0.25) is 9.59 Å². The van der Waals surface area contributed by atoms with Crippen LogP contribution < -0.4 is 5.32 Å². The second-order valence-electron chi connectivity index (χ2n) is 6.22. The Hall–Kier alpha value is -2.77. The minimum Gasteiger partial charge on any atom is -0.349 e. The molecule has 3 rings (SSSR count). The third-order valence-corrected chi connectivity index (χ3v) is 4.53. The van der Waals surface area contributed by atoms with Crippen LogP contribution in [0.1, 0.15) is 41.5 Å². The van der Waals surface area contributed by atoms with E-state index in [1.54, 1.807) is 18.5 Å². The van der Waals surface area contributed by atoms with Crippen LogP contribution in [0.4, 0.5) is 0 Å². The molecule has 0 radical (unpaired) electrons. The van der Waals surface area contributed by atoms with Crippen molar-refractivity contribution < 1.29 is 9.59 Å². The second-order valence-corrected chi connectivity index (χ2v) is 6.22. The summed E-state index contributed by atoms with van der Waals surface area (Å²) in [5.41, 5.74) is 0.735. The number of carbonyl (C=O) groups excluding carboxylic acids is 2. The van der Waals surface area contributed by atoms with Crippen molar-refractivity contribution in [2.75, 3.05) is 13.1 Å². The van der Waals surface area contributed by atoms with Gasteiger partial charge < -0.3 is 14.8 Å². The molecule has 2 atom stereocenters. The van der Waals surface area contributed by atoms with Crippen LogP contribution in [0.25, 0.3) is 0 Å². The zero-order valence-electron chi connectivity index (χ0n) is 14.6. The average Bonchev–Trinajstić information content (AvgIpc) is 3.14. The van der Waals surface area contributed by atoms with Gasteiger partial charge in [-0.05, 0) is 19.9 Å². The lowest BCUT2D eigenvalue weighted by Gasteiger charge is -2.26. The van der Waals surface area contributed by atoms with Crippen LogP contribution in [-0.4, -0.2) is 49.3 Å². The number of rotatable bonds is 5. The highest BCUT2D eigenvalue weighted by molar-refractivity contribution is 5.90. The Kier molecular flexibility index (Phi) is 4.78. The number of aryl methyl sites for hydroxylation is 2. The van der Waals surface area contributed by atoms with Crippen molar-refractivity contribution in [2.45, 2.75) is 26.3 Å². The molecular formula is C17H22N6O2. The van der Waals surface area contributed by atoms with E-state index in [2.05, 4.69) is 20.3 Å². The van der Waals surface area contributed by atoms with Gasteiger partial charge in [0.25, 0.3) is 5.91 Å².